The van der Waals surface area contributed by atoms with Crippen molar-refractivity contribution in [1.82, 2.24) is 0 Å². The van der Waals surface area contributed by atoms with Crippen molar-refractivity contribution in [2.24, 2.45) is 0 Å². The molecule has 0 radical (unpaired) electrons. The topological polar surface area (TPSA) is 61.8 Å². The Kier molecular flexibility index (Phi) is 8.62. The zero-order valence-corrected chi connectivity index (χ0v) is 15.9. The molecule has 1 aromatic rings. The highest BCUT2D eigenvalue weighted by Crippen LogP contribution is 2.36. The summed E-state index contributed by atoms with van der Waals surface area (Å²) in [5.41, 5.74) is 0.595. The highest BCUT2D eigenvalue weighted by atomic mass is 16.6. The number of unbranched alkanes of at least 4 members (excludes halogenated alkanes) is 6. The molecule has 0 fully saturated rings. The number of fused-ring (bicyclic) bond motifs is 1. The molecule has 5 heteroatoms. The molecule has 1 unspecified atom stereocenters. The summed E-state index contributed by atoms with van der Waals surface area (Å²) < 4.78 is 16.5. The van der Waals surface area contributed by atoms with Gasteiger partial charge in [0.25, 0.3) is 5.78 Å². The number of hydrogen-bond donors (Lipinski definition) is 0. The van der Waals surface area contributed by atoms with Crippen LogP contribution in [0.3, 0.4) is 0 Å². The largest absolute Gasteiger partial charge is 0.493 e. The Morgan fingerprint density at radius 2 is 1.65 bits per heavy atom. The van der Waals surface area contributed by atoms with Gasteiger partial charge in [-0.2, -0.15) is 0 Å². The Labute approximate surface area is 156 Å². The Bertz CT molecular complexity index is 596. The average molecular weight is 362 g/mol. The van der Waals surface area contributed by atoms with Crippen molar-refractivity contribution < 1.29 is 23.8 Å². The number of ketones is 1. The Morgan fingerprint density at radius 3 is 2.42 bits per heavy atom. The molecule has 0 bridgehead atoms. The van der Waals surface area contributed by atoms with E-state index in [4.69, 9.17) is 14.2 Å². The molecular formula is C21H30O5. The Hall–Kier alpha value is -1.88. The molecule has 1 aliphatic heterocycles. The van der Waals surface area contributed by atoms with Crippen molar-refractivity contribution in [2.45, 2.75) is 71.3 Å². The predicted molar refractivity (Wildman–Crippen MR) is 99.6 cm³/mol. The van der Waals surface area contributed by atoms with Crippen LogP contribution in [0.5, 0.6) is 11.5 Å². The van der Waals surface area contributed by atoms with Crippen LogP contribution in [0.15, 0.2) is 18.2 Å². The van der Waals surface area contributed by atoms with Crippen molar-refractivity contribution in [3.05, 3.63) is 23.8 Å². The van der Waals surface area contributed by atoms with Crippen molar-refractivity contribution in [3.63, 3.8) is 0 Å². The van der Waals surface area contributed by atoms with E-state index in [1.165, 1.54) is 25.7 Å². The third kappa shape index (κ3) is 5.84. The summed E-state index contributed by atoms with van der Waals surface area (Å²) in [6, 6.07) is 5.23. The van der Waals surface area contributed by atoms with Gasteiger partial charge in [-0.1, -0.05) is 52.4 Å². The number of esters is 1. The molecule has 0 amide bonds. The molecule has 0 aromatic heterocycles. The molecule has 0 spiro atoms. The molecule has 1 aliphatic rings. The summed E-state index contributed by atoms with van der Waals surface area (Å²) in [5, 5.41) is 0. The molecule has 1 aromatic carbocycles. The second-order valence-electron chi connectivity index (χ2n) is 6.67. The van der Waals surface area contributed by atoms with Gasteiger partial charge in [0.05, 0.1) is 6.61 Å². The van der Waals surface area contributed by atoms with E-state index in [0.717, 1.165) is 25.7 Å². The van der Waals surface area contributed by atoms with Gasteiger partial charge in [-0.3, -0.25) is 4.79 Å². The van der Waals surface area contributed by atoms with E-state index in [1.54, 1.807) is 18.2 Å². The van der Waals surface area contributed by atoms with E-state index in [1.807, 2.05) is 6.92 Å². The van der Waals surface area contributed by atoms with Crippen LogP contribution >= 0.6 is 0 Å². The lowest BCUT2D eigenvalue weighted by molar-refractivity contribution is -0.155. The smallest absolute Gasteiger partial charge is 0.383 e. The molecule has 26 heavy (non-hydrogen) atoms. The molecule has 5 nitrogen and oxygen atoms in total. The lowest BCUT2D eigenvalue weighted by Crippen LogP contribution is -2.33. The number of ether oxygens (including phenoxy) is 3. The van der Waals surface area contributed by atoms with Crippen LogP contribution in [0.1, 0.15) is 76.9 Å². The van der Waals surface area contributed by atoms with Gasteiger partial charge in [-0.05, 0) is 25.0 Å². The summed E-state index contributed by atoms with van der Waals surface area (Å²) >= 11 is 0. The number of hydrogen-bond acceptors (Lipinski definition) is 5. The number of rotatable bonds is 12. The van der Waals surface area contributed by atoms with Gasteiger partial charge in [-0.25, -0.2) is 4.79 Å². The van der Waals surface area contributed by atoms with E-state index in [2.05, 4.69) is 6.92 Å². The zero-order chi connectivity index (χ0) is 18.8. The van der Waals surface area contributed by atoms with E-state index in [0.29, 0.717) is 30.3 Å². The zero-order valence-electron chi connectivity index (χ0n) is 15.9. The minimum atomic E-state index is -0.870. The van der Waals surface area contributed by atoms with Crippen molar-refractivity contribution in [2.75, 3.05) is 13.2 Å². The van der Waals surface area contributed by atoms with Crippen LogP contribution in [-0.4, -0.2) is 25.0 Å². The fourth-order valence-corrected chi connectivity index (χ4v) is 2.89. The van der Waals surface area contributed by atoms with Gasteiger partial charge in [-0.15, -0.1) is 0 Å². The van der Waals surface area contributed by atoms with Crippen LogP contribution < -0.4 is 9.47 Å². The third-order valence-electron chi connectivity index (χ3n) is 4.46. The van der Waals surface area contributed by atoms with Gasteiger partial charge in [0.1, 0.15) is 11.5 Å². The third-order valence-corrected chi connectivity index (χ3v) is 4.46. The monoisotopic (exact) mass is 362 g/mol. The summed E-state index contributed by atoms with van der Waals surface area (Å²) in [6.45, 7) is 5.32. The fraction of sp³-hybridized carbons (Fsp3) is 0.619. The SMILES string of the molecule is CCCCCCCCOc1ccc2c(c1)OC(=O)C(=O)C2OCCCC. The minimum absolute atomic E-state index is 0.358. The van der Waals surface area contributed by atoms with Crippen molar-refractivity contribution >= 4 is 11.8 Å². The first kappa shape index (κ1) is 20.4. The van der Waals surface area contributed by atoms with E-state index in [9.17, 15) is 9.59 Å². The van der Waals surface area contributed by atoms with Crippen LogP contribution in [0.25, 0.3) is 0 Å². The summed E-state index contributed by atoms with van der Waals surface area (Å²) in [6.07, 6.45) is 8.13. The highest BCUT2D eigenvalue weighted by Gasteiger charge is 2.37. The van der Waals surface area contributed by atoms with E-state index in [-0.39, 0.29) is 0 Å². The quantitative estimate of drug-likeness (QED) is 0.232. The summed E-state index contributed by atoms with van der Waals surface area (Å²) in [7, 11) is 0. The average Bonchev–Trinajstić information content (AvgIpc) is 2.64. The van der Waals surface area contributed by atoms with Crippen molar-refractivity contribution in [3.8, 4) is 11.5 Å². The second-order valence-corrected chi connectivity index (χ2v) is 6.67. The highest BCUT2D eigenvalue weighted by molar-refractivity contribution is 6.37. The lowest BCUT2D eigenvalue weighted by atomic mass is 10.0. The normalized spacial score (nSPS) is 16.3. The second kappa shape index (κ2) is 11.0. The Morgan fingerprint density at radius 1 is 0.923 bits per heavy atom. The molecular weight excluding hydrogens is 332 g/mol. The first-order valence-corrected chi connectivity index (χ1v) is 9.81. The molecule has 0 saturated carbocycles. The van der Waals surface area contributed by atoms with Gasteiger partial charge in [0.2, 0.25) is 0 Å². The minimum Gasteiger partial charge on any atom is -0.493 e. The summed E-state index contributed by atoms with van der Waals surface area (Å²) in [4.78, 5) is 23.9. The molecule has 0 saturated heterocycles. The van der Waals surface area contributed by atoms with Crippen LogP contribution in [-0.2, 0) is 14.3 Å². The van der Waals surface area contributed by atoms with Gasteiger partial charge in [0.15, 0.2) is 6.10 Å². The summed E-state index contributed by atoms with van der Waals surface area (Å²) in [5.74, 6) is -0.510. The Balaban J connectivity index is 1.90. The first-order valence-electron chi connectivity index (χ1n) is 9.81. The maximum atomic E-state index is 12.1. The van der Waals surface area contributed by atoms with Gasteiger partial charge in [0, 0.05) is 18.2 Å². The molecule has 144 valence electrons. The molecule has 1 atom stereocenters. The predicted octanol–water partition coefficient (Wildman–Crippen LogP) is 4.77. The maximum Gasteiger partial charge on any atom is 0.383 e. The fourth-order valence-electron chi connectivity index (χ4n) is 2.89. The molecule has 0 aliphatic carbocycles. The van der Waals surface area contributed by atoms with Crippen LogP contribution in [0.2, 0.25) is 0 Å². The molecule has 0 N–H and O–H groups in total. The molecule has 2 rings (SSSR count). The standard InChI is InChI=1S/C21H30O5/c1-3-5-7-8-9-10-14-24-16-11-12-17-18(15-16)26-21(23)19(22)20(17)25-13-6-4-2/h11-12,15,20H,3-10,13-14H2,1-2H3. The lowest BCUT2D eigenvalue weighted by Gasteiger charge is -2.23. The van der Waals surface area contributed by atoms with Crippen molar-refractivity contribution in [1.29, 1.82) is 0 Å². The molecule has 1 heterocycles. The number of benzene rings is 1. The number of carbonyl (C=O) groups is 2. The first-order chi connectivity index (χ1) is 12.7. The van der Waals surface area contributed by atoms with Gasteiger partial charge < -0.3 is 14.2 Å². The van der Waals surface area contributed by atoms with E-state index >= 15 is 0 Å². The number of carbonyl (C=O) groups excluding carboxylic acids is 2. The van der Waals surface area contributed by atoms with Crippen LogP contribution in [0, 0.1) is 0 Å². The van der Waals surface area contributed by atoms with E-state index < -0.39 is 17.9 Å². The number of Topliss-reactive ketones (excluding diaryl/α,β-unsaturated/α-hetero) is 1. The maximum absolute atomic E-state index is 12.1. The van der Waals surface area contributed by atoms with Gasteiger partial charge >= 0.3 is 5.97 Å². The van der Waals surface area contributed by atoms with Crippen LogP contribution in [0.4, 0.5) is 0 Å².